The Morgan fingerprint density at radius 2 is 1.94 bits per heavy atom. The van der Waals surface area contributed by atoms with Crippen LogP contribution in [0, 0.1) is 46.3 Å². The number of esters is 1. The van der Waals surface area contributed by atoms with Crippen LogP contribution >= 0.6 is 0 Å². The summed E-state index contributed by atoms with van der Waals surface area (Å²) < 4.78 is 4.84. The number of hydrogen-bond donors (Lipinski definition) is 2. The van der Waals surface area contributed by atoms with Crippen LogP contribution in [0.5, 0.6) is 0 Å². The van der Waals surface area contributed by atoms with Gasteiger partial charge in [0, 0.05) is 17.4 Å². The van der Waals surface area contributed by atoms with E-state index in [1.807, 2.05) is 0 Å². The Kier molecular flexibility index (Phi) is 6.56. The Hall–Kier alpha value is -1.30. The van der Waals surface area contributed by atoms with Crippen molar-refractivity contribution < 1.29 is 19.7 Å². The smallest absolute Gasteiger partial charge is 0.305 e. The number of hydrogen-bond acceptors (Lipinski definition) is 5. The van der Waals surface area contributed by atoms with E-state index in [0.717, 1.165) is 51.4 Å². The predicted molar refractivity (Wildman–Crippen MR) is 121 cm³/mol. The van der Waals surface area contributed by atoms with Gasteiger partial charge in [-0.1, -0.05) is 25.9 Å². The fourth-order valence-corrected chi connectivity index (χ4v) is 8.96. The van der Waals surface area contributed by atoms with Gasteiger partial charge < -0.3 is 14.9 Å². The fraction of sp³-hybridized carbons (Fsp3) is 0.960. The first-order chi connectivity index (χ1) is 15.2. The van der Waals surface area contributed by atoms with E-state index in [9.17, 15) is 15.0 Å². The molecule has 4 saturated carbocycles. The lowest BCUT2D eigenvalue weighted by Gasteiger charge is -2.63. The highest BCUT2D eigenvalue weighted by Gasteiger charge is 2.65. The molecule has 0 aliphatic heterocycles. The molecule has 0 aromatic rings. The highest BCUT2D eigenvalue weighted by molar-refractivity contribution is 5.69. The van der Waals surface area contributed by atoms with Crippen LogP contribution in [-0.4, -0.2) is 41.5 Å². The minimum absolute atomic E-state index is 0.0344. The Labute approximate surface area is 191 Å². The van der Waals surface area contributed by atoms with Gasteiger partial charge in [-0.15, -0.1) is 0 Å². The summed E-state index contributed by atoms with van der Waals surface area (Å²) in [6.07, 6.45) is 6.83. The Balaban J connectivity index is 1.57. The molecular formula is C25H41N3O4. The van der Waals surface area contributed by atoms with Gasteiger partial charge >= 0.3 is 5.97 Å². The molecule has 32 heavy (non-hydrogen) atoms. The first kappa shape index (κ1) is 23.8. The topological polar surface area (TPSA) is 116 Å². The van der Waals surface area contributed by atoms with Gasteiger partial charge in [0.2, 0.25) is 0 Å². The van der Waals surface area contributed by atoms with Crippen molar-refractivity contribution in [2.75, 3.05) is 7.11 Å². The minimum atomic E-state index is -0.389. The van der Waals surface area contributed by atoms with Crippen molar-refractivity contribution in [1.82, 2.24) is 0 Å². The van der Waals surface area contributed by atoms with E-state index in [0.29, 0.717) is 36.0 Å². The second-order valence-electron chi connectivity index (χ2n) is 11.8. The van der Waals surface area contributed by atoms with E-state index in [1.54, 1.807) is 0 Å². The lowest BCUT2D eigenvalue weighted by molar-refractivity contribution is -0.202. The lowest BCUT2D eigenvalue weighted by Crippen LogP contribution is -2.62. The van der Waals surface area contributed by atoms with Crippen LogP contribution in [0.25, 0.3) is 10.4 Å². The molecule has 4 rings (SSSR count). The Morgan fingerprint density at radius 1 is 1.19 bits per heavy atom. The highest BCUT2D eigenvalue weighted by Crippen LogP contribution is 2.68. The van der Waals surface area contributed by atoms with E-state index in [4.69, 9.17) is 10.3 Å². The van der Waals surface area contributed by atoms with Crippen LogP contribution in [0.2, 0.25) is 0 Å². The van der Waals surface area contributed by atoms with Crippen LogP contribution in [0.1, 0.15) is 78.6 Å². The monoisotopic (exact) mass is 447 g/mol. The summed E-state index contributed by atoms with van der Waals surface area (Å²) in [6, 6.07) is 0.0344. The molecule has 11 unspecified atom stereocenters. The van der Waals surface area contributed by atoms with Gasteiger partial charge in [0.1, 0.15) is 0 Å². The van der Waals surface area contributed by atoms with Crippen LogP contribution < -0.4 is 0 Å². The number of aliphatic hydroxyl groups is 2. The van der Waals surface area contributed by atoms with Gasteiger partial charge in [0.05, 0.1) is 19.3 Å². The summed E-state index contributed by atoms with van der Waals surface area (Å²) in [7, 11) is 1.43. The first-order valence-electron chi connectivity index (χ1n) is 12.6. The number of aliphatic hydroxyl groups excluding tert-OH is 2. The molecule has 0 saturated heterocycles. The maximum absolute atomic E-state index is 11.7. The van der Waals surface area contributed by atoms with Crippen molar-refractivity contribution in [3.63, 3.8) is 0 Å². The SMILES string of the molecule is COC(=O)CCC(C)C1CCC2C3C(O)CC4CC(N=[N+]=[N-])CCC4(C)C3CC(O)C12C. The predicted octanol–water partition coefficient (Wildman–Crippen LogP) is 4.86. The van der Waals surface area contributed by atoms with Crippen molar-refractivity contribution in [1.29, 1.82) is 0 Å². The van der Waals surface area contributed by atoms with Crippen molar-refractivity contribution >= 4 is 5.97 Å². The molecule has 2 N–H and O–H groups in total. The molecule has 4 aliphatic carbocycles. The van der Waals surface area contributed by atoms with E-state index < -0.39 is 0 Å². The summed E-state index contributed by atoms with van der Waals surface area (Å²) in [4.78, 5) is 14.7. The third-order valence-electron chi connectivity index (χ3n) is 10.8. The van der Waals surface area contributed by atoms with E-state index in [2.05, 4.69) is 30.8 Å². The number of ether oxygens (including phenoxy) is 1. The summed E-state index contributed by atoms with van der Waals surface area (Å²) in [5.41, 5.74) is 8.75. The van der Waals surface area contributed by atoms with Crippen molar-refractivity contribution in [2.24, 2.45) is 51.5 Å². The van der Waals surface area contributed by atoms with Crippen molar-refractivity contribution in [2.45, 2.75) is 96.8 Å². The largest absolute Gasteiger partial charge is 0.469 e. The molecule has 0 spiro atoms. The quantitative estimate of drug-likeness (QED) is 0.271. The zero-order valence-corrected chi connectivity index (χ0v) is 20.1. The molecule has 4 fully saturated rings. The lowest BCUT2D eigenvalue weighted by atomic mass is 9.43. The number of azide groups is 1. The van der Waals surface area contributed by atoms with Crippen molar-refractivity contribution in [3.8, 4) is 0 Å². The number of rotatable bonds is 5. The molecular weight excluding hydrogens is 406 g/mol. The normalized spacial score (nSPS) is 48.6. The summed E-state index contributed by atoms with van der Waals surface area (Å²) in [5, 5.41) is 27.0. The maximum Gasteiger partial charge on any atom is 0.305 e. The molecule has 180 valence electrons. The van der Waals surface area contributed by atoms with Gasteiger partial charge in [-0.25, -0.2) is 0 Å². The maximum atomic E-state index is 11.7. The number of carbonyl (C=O) groups is 1. The molecule has 0 aromatic heterocycles. The highest BCUT2D eigenvalue weighted by atomic mass is 16.5. The molecule has 0 heterocycles. The molecule has 7 nitrogen and oxygen atoms in total. The summed E-state index contributed by atoms with van der Waals surface area (Å²) in [5.74, 6) is 1.70. The Morgan fingerprint density at radius 3 is 2.62 bits per heavy atom. The zero-order valence-electron chi connectivity index (χ0n) is 20.1. The molecule has 7 heteroatoms. The number of fused-ring (bicyclic) bond motifs is 5. The fourth-order valence-electron chi connectivity index (χ4n) is 8.96. The van der Waals surface area contributed by atoms with Gasteiger partial charge in [0.25, 0.3) is 0 Å². The number of methoxy groups -OCH3 is 1. The van der Waals surface area contributed by atoms with Gasteiger partial charge in [0.15, 0.2) is 0 Å². The molecule has 0 radical (unpaired) electrons. The standard InChI is InChI=1S/C25H41N3O4/c1-14(5-8-22(31)32-4)17-6-7-18-23-19(13-21(30)25(17,18)3)24(2)10-9-16(27-28-26)11-15(24)12-20(23)29/h14-21,23,29-30H,5-13H2,1-4H3. The molecule has 11 atom stereocenters. The van der Waals surface area contributed by atoms with Gasteiger partial charge in [-0.3, -0.25) is 4.79 Å². The third-order valence-corrected chi connectivity index (χ3v) is 10.8. The van der Waals surface area contributed by atoms with Gasteiger partial charge in [-0.05, 0) is 103 Å². The summed E-state index contributed by atoms with van der Waals surface area (Å²) in [6.45, 7) is 6.84. The average molecular weight is 448 g/mol. The first-order valence-corrected chi connectivity index (χ1v) is 12.6. The molecule has 0 amide bonds. The molecule has 0 aromatic carbocycles. The van der Waals surface area contributed by atoms with E-state index in [1.165, 1.54) is 7.11 Å². The number of carbonyl (C=O) groups excluding carboxylic acids is 1. The Bertz CT molecular complexity index is 770. The number of nitrogens with zero attached hydrogens (tertiary/aromatic N) is 3. The van der Waals surface area contributed by atoms with Gasteiger partial charge in [-0.2, -0.15) is 0 Å². The van der Waals surface area contributed by atoms with Crippen LogP contribution in [0.4, 0.5) is 0 Å². The summed E-state index contributed by atoms with van der Waals surface area (Å²) >= 11 is 0. The van der Waals surface area contributed by atoms with Crippen LogP contribution in [0.15, 0.2) is 5.11 Å². The van der Waals surface area contributed by atoms with E-state index >= 15 is 0 Å². The van der Waals surface area contributed by atoms with Crippen LogP contribution in [-0.2, 0) is 9.53 Å². The van der Waals surface area contributed by atoms with E-state index in [-0.39, 0.29) is 41.0 Å². The molecule has 0 bridgehead atoms. The van der Waals surface area contributed by atoms with Crippen LogP contribution in [0.3, 0.4) is 0 Å². The average Bonchev–Trinajstić information content (AvgIpc) is 3.12. The second-order valence-corrected chi connectivity index (χ2v) is 11.8. The minimum Gasteiger partial charge on any atom is -0.469 e. The zero-order chi connectivity index (χ0) is 23.3. The second kappa shape index (κ2) is 8.81. The molecule has 4 aliphatic rings. The third kappa shape index (κ3) is 3.65. The van der Waals surface area contributed by atoms with Crippen molar-refractivity contribution in [3.05, 3.63) is 10.4 Å².